The van der Waals surface area contributed by atoms with Crippen molar-refractivity contribution in [2.45, 2.75) is 32.4 Å². The van der Waals surface area contributed by atoms with Gasteiger partial charge in [-0.1, -0.05) is 50.2 Å². The molecule has 1 atom stereocenters. The molecule has 0 radical (unpaired) electrons. The van der Waals surface area contributed by atoms with Gasteiger partial charge in [-0.3, -0.25) is 4.79 Å². The van der Waals surface area contributed by atoms with Crippen LogP contribution in [0.25, 0.3) is 16.8 Å². The number of hydrogen-bond donors (Lipinski definition) is 1. The number of benzene rings is 2. The third-order valence-corrected chi connectivity index (χ3v) is 5.33. The minimum Gasteiger partial charge on any atom is -0.497 e. The highest BCUT2D eigenvalue weighted by atomic mass is 16.5. The monoisotopic (exact) mass is 403 g/mol. The van der Waals surface area contributed by atoms with Gasteiger partial charge in [0.05, 0.1) is 25.5 Å². The molecule has 2 aromatic carbocycles. The second-order valence-electron chi connectivity index (χ2n) is 7.68. The predicted molar refractivity (Wildman–Crippen MR) is 117 cm³/mol. The number of fused-ring (bicyclic) bond motifs is 1. The lowest BCUT2D eigenvalue weighted by molar-refractivity contribution is 0.155. The summed E-state index contributed by atoms with van der Waals surface area (Å²) in [5.41, 5.74) is 3.82. The van der Waals surface area contributed by atoms with E-state index in [1.54, 1.807) is 30.1 Å². The first-order valence-corrected chi connectivity index (χ1v) is 9.97. The molecule has 6 nitrogen and oxygen atoms in total. The van der Waals surface area contributed by atoms with Crippen LogP contribution in [-0.4, -0.2) is 26.4 Å². The highest BCUT2D eigenvalue weighted by Gasteiger charge is 2.14. The van der Waals surface area contributed by atoms with Crippen molar-refractivity contribution in [1.82, 2.24) is 14.2 Å². The van der Waals surface area contributed by atoms with Gasteiger partial charge < -0.3 is 14.4 Å². The standard InChI is InChI=1S/C24H25N3O3/c1-16(2)17-7-9-18(10-8-17)23(28)15-26-11-12-27-22(24(26)29)14-21(25-27)19-5-4-6-20(13-19)30-3/h4-14,16,23,28H,15H2,1-3H3/t23-/m1/s1. The van der Waals surface area contributed by atoms with Crippen molar-refractivity contribution in [2.24, 2.45) is 0 Å². The zero-order valence-corrected chi connectivity index (χ0v) is 17.3. The van der Waals surface area contributed by atoms with Gasteiger partial charge >= 0.3 is 0 Å². The normalized spacial score (nSPS) is 12.4. The molecule has 0 bridgehead atoms. The summed E-state index contributed by atoms with van der Waals surface area (Å²) < 4.78 is 8.36. The summed E-state index contributed by atoms with van der Waals surface area (Å²) >= 11 is 0. The maximum atomic E-state index is 13.0. The molecule has 0 fully saturated rings. The van der Waals surface area contributed by atoms with Crippen molar-refractivity contribution in [3.05, 3.63) is 88.5 Å². The van der Waals surface area contributed by atoms with Crippen LogP contribution in [-0.2, 0) is 6.54 Å². The first-order valence-electron chi connectivity index (χ1n) is 9.97. The Morgan fingerprint density at radius 2 is 1.77 bits per heavy atom. The van der Waals surface area contributed by atoms with Crippen LogP contribution in [0.1, 0.15) is 37.0 Å². The largest absolute Gasteiger partial charge is 0.497 e. The molecule has 4 rings (SSSR count). The molecule has 0 saturated heterocycles. The highest BCUT2D eigenvalue weighted by Crippen LogP contribution is 2.23. The van der Waals surface area contributed by atoms with E-state index in [-0.39, 0.29) is 12.1 Å². The molecule has 1 N–H and O–H groups in total. The third kappa shape index (κ3) is 3.86. The molecule has 0 aliphatic heterocycles. The van der Waals surface area contributed by atoms with E-state index in [9.17, 15) is 9.90 Å². The van der Waals surface area contributed by atoms with Crippen LogP contribution >= 0.6 is 0 Å². The van der Waals surface area contributed by atoms with E-state index < -0.39 is 6.10 Å². The Morgan fingerprint density at radius 1 is 1.03 bits per heavy atom. The summed E-state index contributed by atoms with van der Waals surface area (Å²) in [5.74, 6) is 1.16. The molecule has 2 aromatic heterocycles. The third-order valence-electron chi connectivity index (χ3n) is 5.33. The zero-order valence-electron chi connectivity index (χ0n) is 17.3. The SMILES string of the molecule is COc1cccc(-c2cc3c(=O)n(C[C@@H](O)c4ccc(C(C)C)cc4)ccn3n2)c1. The summed E-state index contributed by atoms with van der Waals surface area (Å²) in [6, 6.07) is 17.2. The number of hydrogen-bond acceptors (Lipinski definition) is 4. The molecule has 0 saturated carbocycles. The summed E-state index contributed by atoms with van der Waals surface area (Å²) in [5, 5.41) is 15.2. The molecule has 154 valence electrons. The van der Waals surface area contributed by atoms with Gasteiger partial charge in [0.1, 0.15) is 11.3 Å². The number of ether oxygens (including phenoxy) is 1. The van der Waals surface area contributed by atoms with Gasteiger partial charge in [0.2, 0.25) is 0 Å². The maximum Gasteiger partial charge on any atom is 0.276 e. The average Bonchev–Trinajstić information content (AvgIpc) is 3.21. The van der Waals surface area contributed by atoms with Crippen LogP contribution in [0.4, 0.5) is 0 Å². The minimum absolute atomic E-state index is 0.177. The lowest BCUT2D eigenvalue weighted by atomic mass is 10.00. The lowest BCUT2D eigenvalue weighted by Crippen LogP contribution is -2.24. The molecule has 0 aliphatic carbocycles. The minimum atomic E-state index is -0.771. The van der Waals surface area contributed by atoms with Crippen LogP contribution in [0.15, 0.2) is 71.8 Å². The molecule has 0 aliphatic rings. The first-order chi connectivity index (χ1) is 14.5. The topological polar surface area (TPSA) is 68.8 Å². The number of methoxy groups -OCH3 is 1. The quantitative estimate of drug-likeness (QED) is 0.528. The fourth-order valence-electron chi connectivity index (χ4n) is 3.49. The van der Waals surface area contributed by atoms with Crippen molar-refractivity contribution in [2.75, 3.05) is 7.11 Å². The fraction of sp³-hybridized carbons (Fsp3) is 0.250. The van der Waals surface area contributed by atoms with Crippen molar-refractivity contribution < 1.29 is 9.84 Å². The fourth-order valence-corrected chi connectivity index (χ4v) is 3.49. The summed E-state index contributed by atoms with van der Waals surface area (Å²) in [4.78, 5) is 13.0. The Kier molecular flexibility index (Phi) is 5.42. The average molecular weight is 403 g/mol. The molecule has 0 amide bonds. The summed E-state index contributed by atoms with van der Waals surface area (Å²) in [6.07, 6.45) is 2.62. The summed E-state index contributed by atoms with van der Waals surface area (Å²) in [6.45, 7) is 4.44. The highest BCUT2D eigenvalue weighted by molar-refractivity contribution is 5.66. The Labute approximate surface area is 175 Å². The zero-order chi connectivity index (χ0) is 21.3. The number of nitrogens with zero attached hydrogens (tertiary/aromatic N) is 3. The van der Waals surface area contributed by atoms with E-state index >= 15 is 0 Å². The van der Waals surface area contributed by atoms with Crippen molar-refractivity contribution in [1.29, 1.82) is 0 Å². The number of aliphatic hydroxyl groups is 1. The number of rotatable bonds is 6. The van der Waals surface area contributed by atoms with Crippen LogP contribution in [0.3, 0.4) is 0 Å². The molecule has 30 heavy (non-hydrogen) atoms. The summed E-state index contributed by atoms with van der Waals surface area (Å²) in [7, 11) is 1.61. The first kappa shape index (κ1) is 19.9. The lowest BCUT2D eigenvalue weighted by Gasteiger charge is -2.14. The molecule has 4 aromatic rings. The second kappa shape index (κ2) is 8.16. The Balaban J connectivity index is 1.62. The van der Waals surface area contributed by atoms with Gasteiger partial charge in [-0.05, 0) is 35.2 Å². The molecular formula is C24H25N3O3. The van der Waals surface area contributed by atoms with Crippen LogP contribution in [0.2, 0.25) is 0 Å². The molecule has 0 spiro atoms. The van der Waals surface area contributed by atoms with Crippen LogP contribution in [0, 0.1) is 0 Å². The molecule has 0 unspecified atom stereocenters. The van der Waals surface area contributed by atoms with Gasteiger partial charge in [-0.15, -0.1) is 0 Å². The number of aliphatic hydroxyl groups excluding tert-OH is 1. The van der Waals surface area contributed by atoms with Gasteiger partial charge in [-0.2, -0.15) is 5.10 Å². The van der Waals surface area contributed by atoms with Gasteiger partial charge in [-0.25, -0.2) is 4.52 Å². The molecule has 6 heteroatoms. The van der Waals surface area contributed by atoms with E-state index in [1.165, 1.54) is 10.1 Å². The van der Waals surface area contributed by atoms with Gasteiger partial charge in [0.15, 0.2) is 0 Å². The Hall–Kier alpha value is -3.38. The molecular weight excluding hydrogens is 378 g/mol. The Bertz CT molecular complexity index is 1220. The van der Waals surface area contributed by atoms with Crippen molar-refractivity contribution in [3.63, 3.8) is 0 Å². The van der Waals surface area contributed by atoms with E-state index in [4.69, 9.17) is 4.74 Å². The number of aromatic nitrogens is 3. The Morgan fingerprint density at radius 3 is 2.47 bits per heavy atom. The maximum absolute atomic E-state index is 13.0. The van der Waals surface area contributed by atoms with Crippen LogP contribution in [0.5, 0.6) is 5.75 Å². The van der Waals surface area contributed by atoms with Gasteiger partial charge in [0.25, 0.3) is 5.56 Å². The predicted octanol–water partition coefficient (Wildman–Crippen LogP) is 4.03. The van der Waals surface area contributed by atoms with E-state index in [0.717, 1.165) is 16.9 Å². The van der Waals surface area contributed by atoms with Crippen LogP contribution < -0.4 is 10.3 Å². The smallest absolute Gasteiger partial charge is 0.276 e. The van der Waals surface area contributed by atoms with Crippen molar-refractivity contribution >= 4 is 5.52 Å². The second-order valence-corrected chi connectivity index (χ2v) is 7.68. The van der Waals surface area contributed by atoms with E-state index in [2.05, 4.69) is 18.9 Å². The van der Waals surface area contributed by atoms with Gasteiger partial charge in [0, 0.05) is 18.0 Å². The van der Waals surface area contributed by atoms with Crippen molar-refractivity contribution in [3.8, 4) is 17.0 Å². The molecule has 2 heterocycles. The van der Waals surface area contributed by atoms with E-state index in [0.29, 0.717) is 17.1 Å². The van der Waals surface area contributed by atoms with E-state index in [1.807, 2.05) is 48.5 Å².